The van der Waals surface area contributed by atoms with Gasteiger partial charge in [-0.1, -0.05) is 0 Å². The van der Waals surface area contributed by atoms with Crippen LogP contribution in [0.15, 0.2) is 0 Å². The van der Waals surface area contributed by atoms with Crippen molar-refractivity contribution in [3.05, 3.63) is 0 Å². The summed E-state index contributed by atoms with van der Waals surface area (Å²) in [6.45, 7) is 4.16. The molecule has 0 saturated carbocycles. The van der Waals surface area contributed by atoms with E-state index in [9.17, 15) is 0 Å². The molecule has 1 heterocycles. The monoisotopic (exact) mass is 444 g/mol. The van der Waals surface area contributed by atoms with Gasteiger partial charge in [0, 0.05) is 0 Å². The Hall–Kier alpha value is 2.11. The zero-order valence-electron chi connectivity index (χ0n) is 10.8. The summed E-state index contributed by atoms with van der Waals surface area (Å²) < 4.78 is 13.0. The van der Waals surface area contributed by atoms with Crippen LogP contribution in [0.1, 0.15) is 20.3 Å². The van der Waals surface area contributed by atoms with Gasteiger partial charge in [0.1, 0.15) is 0 Å². The van der Waals surface area contributed by atoms with Crippen molar-refractivity contribution in [2.24, 2.45) is 0 Å². The van der Waals surface area contributed by atoms with E-state index in [4.69, 9.17) is 8.37 Å². The molecule has 0 spiro atoms. The molecule has 108 valence electrons. The molecule has 4 unspecified atom stereocenters. The van der Waals surface area contributed by atoms with Crippen LogP contribution in [-0.4, -0.2) is 55.1 Å². The van der Waals surface area contributed by atoms with Gasteiger partial charge in [0.2, 0.25) is 0 Å². The first-order valence-electron chi connectivity index (χ1n) is 6.08. The number of thiol groups is 2. The van der Waals surface area contributed by atoms with Crippen LogP contribution < -0.4 is 0 Å². The average molecular weight is 442 g/mol. The molecule has 1 saturated heterocycles. The molecule has 18 heavy (non-hydrogen) atoms. The molecule has 0 amide bonds. The molecule has 0 radical (unpaired) electrons. The summed E-state index contributed by atoms with van der Waals surface area (Å²) in [4.78, 5) is 0. The summed E-state index contributed by atoms with van der Waals surface area (Å²) in [5.41, 5.74) is 0. The van der Waals surface area contributed by atoms with E-state index in [0.29, 0.717) is 0 Å². The molecular weight excluding hydrogens is 420 g/mol. The Kier molecular flexibility index (Phi) is 10.9. The normalized spacial score (nSPS) is 28.0. The fourth-order valence-electron chi connectivity index (χ4n) is 1.62. The number of hydrogen-bond acceptors (Lipinski definition) is 6. The fourth-order valence-corrected chi connectivity index (χ4v) is 9.97. The average Bonchev–Trinajstić information content (AvgIpc) is 2.42. The Morgan fingerprint density at radius 3 is 2.22 bits per heavy atom. The molecule has 0 aromatic rings. The molecule has 0 aromatic heterocycles. The summed E-state index contributed by atoms with van der Waals surface area (Å²) in [7, 11) is 0. The Morgan fingerprint density at radius 1 is 1.11 bits per heavy atom. The molecule has 1 rings (SSSR count). The number of thioether (sulfide) groups is 2. The van der Waals surface area contributed by atoms with Crippen LogP contribution in [0.4, 0.5) is 0 Å². The summed E-state index contributed by atoms with van der Waals surface area (Å²) >= 11 is 12.2. The van der Waals surface area contributed by atoms with E-state index < -0.39 is 0 Å². The SMILES string of the molecule is CC(CSC1CC[Te]CC1SCC(C)OS)OS. The standard InChI is InChI=1S/C11H22O2S4Te/c1-8(12-14)5-16-10-3-4-18-7-11(10)17-6-9(2)13-15/h8-11,14-15H,3-7H2,1-2H3. The third-order valence-corrected chi connectivity index (χ3v) is 10.7. The van der Waals surface area contributed by atoms with Crippen LogP contribution in [0.25, 0.3) is 0 Å². The van der Waals surface area contributed by atoms with Gasteiger partial charge in [-0.05, 0) is 0 Å². The van der Waals surface area contributed by atoms with Crippen molar-refractivity contribution in [1.29, 1.82) is 0 Å². The van der Waals surface area contributed by atoms with Crippen molar-refractivity contribution in [3.8, 4) is 0 Å². The van der Waals surface area contributed by atoms with E-state index in [2.05, 4.69) is 63.2 Å². The van der Waals surface area contributed by atoms with Crippen LogP contribution in [0.3, 0.4) is 0 Å². The van der Waals surface area contributed by atoms with Gasteiger partial charge in [0.15, 0.2) is 0 Å². The minimum atomic E-state index is 0.238. The van der Waals surface area contributed by atoms with Crippen molar-refractivity contribution >= 4 is 70.3 Å². The maximum absolute atomic E-state index is 5.04. The summed E-state index contributed by atoms with van der Waals surface area (Å²) in [5.74, 6) is 2.10. The van der Waals surface area contributed by atoms with E-state index in [0.717, 1.165) is 22.0 Å². The van der Waals surface area contributed by atoms with Crippen LogP contribution in [0, 0.1) is 0 Å². The quantitative estimate of drug-likeness (QED) is 0.340. The molecule has 1 aliphatic rings. The predicted octanol–water partition coefficient (Wildman–Crippen LogP) is 3.63. The second kappa shape index (κ2) is 10.8. The predicted molar refractivity (Wildman–Crippen MR) is 91.5 cm³/mol. The van der Waals surface area contributed by atoms with Crippen molar-refractivity contribution in [2.45, 2.75) is 51.9 Å². The molecular formula is C11H22O2S4Te. The Bertz CT molecular complexity index is 201. The molecule has 7 heteroatoms. The van der Waals surface area contributed by atoms with Gasteiger partial charge < -0.3 is 0 Å². The van der Waals surface area contributed by atoms with E-state index >= 15 is 0 Å². The van der Waals surface area contributed by atoms with Crippen molar-refractivity contribution < 1.29 is 8.37 Å². The second-order valence-corrected chi connectivity index (χ2v) is 10.7. The van der Waals surface area contributed by atoms with Crippen LogP contribution in [0.5, 0.6) is 0 Å². The van der Waals surface area contributed by atoms with Gasteiger partial charge >= 0.3 is 142 Å². The first-order chi connectivity index (χ1) is 8.67. The van der Waals surface area contributed by atoms with Crippen molar-refractivity contribution in [3.63, 3.8) is 0 Å². The van der Waals surface area contributed by atoms with Crippen molar-refractivity contribution in [2.75, 3.05) is 11.5 Å². The Balaban J connectivity index is 2.32. The van der Waals surface area contributed by atoms with E-state index in [-0.39, 0.29) is 33.1 Å². The topological polar surface area (TPSA) is 18.5 Å². The molecule has 1 fully saturated rings. The number of rotatable bonds is 8. The van der Waals surface area contributed by atoms with E-state index in [1.807, 2.05) is 0 Å². The van der Waals surface area contributed by atoms with E-state index in [1.54, 1.807) is 0 Å². The van der Waals surface area contributed by atoms with Crippen LogP contribution in [-0.2, 0) is 8.37 Å². The van der Waals surface area contributed by atoms with Gasteiger partial charge in [-0.3, -0.25) is 0 Å². The van der Waals surface area contributed by atoms with Crippen LogP contribution in [0.2, 0.25) is 8.94 Å². The summed E-state index contributed by atoms with van der Waals surface area (Å²) in [5, 5.41) is 1.59. The third kappa shape index (κ3) is 7.21. The summed E-state index contributed by atoms with van der Waals surface area (Å²) in [6, 6.07) is 0. The Morgan fingerprint density at radius 2 is 1.67 bits per heavy atom. The number of hydrogen-bond donors (Lipinski definition) is 2. The first-order valence-corrected chi connectivity index (χ1v) is 12.2. The van der Waals surface area contributed by atoms with Gasteiger partial charge in [0.25, 0.3) is 0 Å². The second-order valence-electron chi connectivity index (χ2n) is 4.44. The minimum absolute atomic E-state index is 0.238. The van der Waals surface area contributed by atoms with Crippen LogP contribution >= 0.6 is 49.3 Å². The first kappa shape index (κ1) is 18.2. The molecule has 1 aliphatic heterocycles. The third-order valence-electron chi connectivity index (χ3n) is 2.69. The fraction of sp³-hybridized carbons (Fsp3) is 1.00. The van der Waals surface area contributed by atoms with Gasteiger partial charge in [-0.2, -0.15) is 0 Å². The summed E-state index contributed by atoms with van der Waals surface area (Å²) in [6.07, 6.45) is 1.87. The molecule has 2 nitrogen and oxygen atoms in total. The van der Waals surface area contributed by atoms with Gasteiger partial charge in [-0.15, -0.1) is 0 Å². The maximum atomic E-state index is 5.04. The zero-order valence-corrected chi connectivity index (χ0v) is 16.5. The molecule has 0 N–H and O–H groups in total. The van der Waals surface area contributed by atoms with Gasteiger partial charge in [0.05, 0.1) is 0 Å². The molecule has 0 aliphatic carbocycles. The Labute approximate surface area is 141 Å². The molecule has 4 atom stereocenters. The van der Waals surface area contributed by atoms with Crippen molar-refractivity contribution in [1.82, 2.24) is 0 Å². The molecule has 0 bridgehead atoms. The zero-order chi connectivity index (χ0) is 13.4. The molecule has 0 aromatic carbocycles. The van der Waals surface area contributed by atoms with E-state index in [1.165, 1.54) is 15.4 Å². The van der Waals surface area contributed by atoms with Gasteiger partial charge in [-0.25, -0.2) is 0 Å².